The lowest BCUT2D eigenvalue weighted by Crippen LogP contribution is -1.99. The van der Waals surface area contributed by atoms with Crippen LogP contribution in [-0.4, -0.2) is 14.8 Å². The highest BCUT2D eigenvalue weighted by Crippen LogP contribution is 2.24. The topological polar surface area (TPSA) is 56.7 Å². The molecule has 2 N–H and O–H groups in total. The van der Waals surface area contributed by atoms with E-state index in [-0.39, 0.29) is 5.82 Å². The summed E-state index contributed by atoms with van der Waals surface area (Å²) in [4.78, 5) is 4.02. The summed E-state index contributed by atoms with van der Waals surface area (Å²) in [5.74, 6) is 0.657. The molecule has 7 heteroatoms. The van der Waals surface area contributed by atoms with Gasteiger partial charge < -0.3 is 5.73 Å². The van der Waals surface area contributed by atoms with E-state index in [0.29, 0.717) is 20.9 Å². The van der Waals surface area contributed by atoms with Crippen molar-refractivity contribution >= 4 is 40.6 Å². The zero-order valence-corrected chi connectivity index (χ0v) is 9.55. The number of pyridine rings is 1. The van der Waals surface area contributed by atoms with Crippen LogP contribution in [0, 0.1) is 0 Å². The van der Waals surface area contributed by atoms with Crippen LogP contribution in [0.1, 0.15) is 0 Å². The summed E-state index contributed by atoms with van der Waals surface area (Å²) in [6.45, 7) is 0. The van der Waals surface area contributed by atoms with E-state index >= 15 is 0 Å². The van der Waals surface area contributed by atoms with Crippen molar-refractivity contribution in [3.8, 4) is 5.82 Å². The van der Waals surface area contributed by atoms with Crippen LogP contribution in [0.5, 0.6) is 0 Å². The molecule has 0 fully saturated rings. The average Bonchev–Trinajstić information content (AvgIpc) is 2.46. The maximum Gasteiger partial charge on any atom is 0.172 e. The molecule has 0 aromatic carbocycles. The molecule has 0 bridgehead atoms. The SMILES string of the molecule is Nc1nn(-c2ncc(Cl)cc2Cl)cc1Cl. The van der Waals surface area contributed by atoms with E-state index in [1.54, 1.807) is 6.07 Å². The van der Waals surface area contributed by atoms with Crippen molar-refractivity contribution in [2.75, 3.05) is 5.73 Å². The van der Waals surface area contributed by atoms with Crippen molar-refractivity contribution in [3.63, 3.8) is 0 Å². The highest BCUT2D eigenvalue weighted by atomic mass is 35.5. The Kier molecular flexibility index (Phi) is 2.73. The molecule has 0 atom stereocenters. The number of anilines is 1. The molecule has 0 aliphatic heterocycles. The van der Waals surface area contributed by atoms with Crippen molar-refractivity contribution < 1.29 is 0 Å². The van der Waals surface area contributed by atoms with Gasteiger partial charge in [0.1, 0.15) is 5.02 Å². The maximum absolute atomic E-state index is 5.93. The monoisotopic (exact) mass is 262 g/mol. The molecule has 0 amide bonds. The largest absolute Gasteiger partial charge is 0.381 e. The molecule has 2 rings (SSSR count). The third-order valence-electron chi connectivity index (χ3n) is 1.70. The van der Waals surface area contributed by atoms with Gasteiger partial charge in [-0.25, -0.2) is 9.67 Å². The van der Waals surface area contributed by atoms with Crippen molar-refractivity contribution in [3.05, 3.63) is 33.5 Å². The van der Waals surface area contributed by atoms with Crippen LogP contribution in [-0.2, 0) is 0 Å². The third kappa shape index (κ3) is 2.02. The van der Waals surface area contributed by atoms with Crippen molar-refractivity contribution in [2.24, 2.45) is 0 Å². The van der Waals surface area contributed by atoms with Gasteiger partial charge in [0.25, 0.3) is 0 Å². The Morgan fingerprint density at radius 2 is 1.93 bits per heavy atom. The molecule has 2 heterocycles. The van der Waals surface area contributed by atoms with Gasteiger partial charge in [0, 0.05) is 6.20 Å². The Morgan fingerprint density at radius 3 is 2.47 bits per heavy atom. The molecule has 0 aliphatic rings. The van der Waals surface area contributed by atoms with E-state index in [4.69, 9.17) is 40.5 Å². The number of hydrogen-bond donors (Lipinski definition) is 1. The van der Waals surface area contributed by atoms with Crippen LogP contribution >= 0.6 is 34.8 Å². The highest BCUT2D eigenvalue weighted by molar-refractivity contribution is 6.35. The van der Waals surface area contributed by atoms with Crippen molar-refractivity contribution in [1.29, 1.82) is 0 Å². The quantitative estimate of drug-likeness (QED) is 0.861. The first-order valence-electron chi connectivity index (χ1n) is 3.90. The van der Waals surface area contributed by atoms with Gasteiger partial charge in [0.05, 0.1) is 16.2 Å². The first-order valence-corrected chi connectivity index (χ1v) is 5.03. The Balaban J connectivity index is 2.54. The molecule has 0 saturated heterocycles. The summed E-state index contributed by atoms with van der Waals surface area (Å²) in [6.07, 6.45) is 2.99. The third-order valence-corrected chi connectivity index (χ3v) is 2.48. The van der Waals surface area contributed by atoms with E-state index in [9.17, 15) is 0 Å². The van der Waals surface area contributed by atoms with Crippen LogP contribution in [0.2, 0.25) is 15.1 Å². The minimum atomic E-state index is 0.226. The lowest BCUT2D eigenvalue weighted by molar-refractivity contribution is 0.852. The fourth-order valence-corrected chi connectivity index (χ4v) is 1.65. The molecule has 2 aromatic heterocycles. The number of rotatable bonds is 1. The molecule has 78 valence electrons. The fraction of sp³-hybridized carbons (Fsp3) is 0. The first-order chi connectivity index (χ1) is 7.08. The fourth-order valence-electron chi connectivity index (χ4n) is 1.05. The number of halogens is 3. The van der Waals surface area contributed by atoms with Gasteiger partial charge in [0.15, 0.2) is 11.6 Å². The maximum atomic E-state index is 5.93. The summed E-state index contributed by atoms with van der Waals surface area (Å²) in [5, 5.41) is 5.12. The molecule has 2 aromatic rings. The standard InChI is InChI=1S/C8H5Cl3N4/c9-4-1-5(10)8(13-2-4)15-3-6(11)7(12)14-15/h1-3H,(H2,12,14). The number of hydrogen-bond acceptors (Lipinski definition) is 3. The molecule has 4 nitrogen and oxygen atoms in total. The zero-order chi connectivity index (χ0) is 11.0. The van der Waals surface area contributed by atoms with Gasteiger partial charge >= 0.3 is 0 Å². The normalized spacial score (nSPS) is 10.6. The summed E-state index contributed by atoms with van der Waals surface area (Å²) < 4.78 is 1.40. The zero-order valence-electron chi connectivity index (χ0n) is 7.28. The first kappa shape index (κ1) is 10.5. The van der Waals surface area contributed by atoms with E-state index in [0.717, 1.165) is 0 Å². The second kappa shape index (κ2) is 3.89. The number of nitrogen functional groups attached to an aromatic ring is 1. The second-order valence-electron chi connectivity index (χ2n) is 2.77. The summed E-state index contributed by atoms with van der Waals surface area (Å²) in [7, 11) is 0. The molecule has 0 radical (unpaired) electrons. The average molecular weight is 264 g/mol. The number of nitrogens with two attached hydrogens (primary N) is 1. The molecule has 0 unspecified atom stereocenters. The molecule has 15 heavy (non-hydrogen) atoms. The second-order valence-corrected chi connectivity index (χ2v) is 4.02. The van der Waals surface area contributed by atoms with Crippen molar-refractivity contribution in [1.82, 2.24) is 14.8 Å². The highest BCUT2D eigenvalue weighted by Gasteiger charge is 2.09. The van der Waals surface area contributed by atoms with Gasteiger partial charge in [-0.2, -0.15) is 0 Å². The van der Waals surface area contributed by atoms with Crippen molar-refractivity contribution in [2.45, 2.75) is 0 Å². The minimum absolute atomic E-state index is 0.226. The van der Waals surface area contributed by atoms with Crippen LogP contribution in [0.25, 0.3) is 5.82 Å². The lowest BCUT2D eigenvalue weighted by atomic mass is 10.4. The summed E-state index contributed by atoms with van der Waals surface area (Å²) >= 11 is 17.4. The van der Waals surface area contributed by atoms with E-state index in [2.05, 4.69) is 10.1 Å². The van der Waals surface area contributed by atoms with E-state index in [1.165, 1.54) is 17.1 Å². The molecule has 0 saturated carbocycles. The Morgan fingerprint density at radius 1 is 1.20 bits per heavy atom. The minimum Gasteiger partial charge on any atom is -0.381 e. The van der Waals surface area contributed by atoms with Crippen LogP contribution in [0.4, 0.5) is 5.82 Å². The molecular weight excluding hydrogens is 258 g/mol. The van der Waals surface area contributed by atoms with Crippen LogP contribution in [0.15, 0.2) is 18.5 Å². The van der Waals surface area contributed by atoms with Gasteiger partial charge in [-0.1, -0.05) is 34.8 Å². The van der Waals surface area contributed by atoms with Gasteiger partial charge in [0.2, 0.25) is 0 Å². The summed E-state index contributed by atoms with van der Waals surface area (Å²) in [5.41, 5.74) is 5.50. The smallest absolute Gasteiger partial charge is 0.172 e. The van der Waals surface area contributed by atoms with E-state index in [1.807, 2.05) is 0 Å². The number of aromatic nitrogens is 3. The lowest BCUT2D eigenvalue weighted by Gasteiger charge is -2.02. The van der Waals surface area contributed by atoms with Gasteiger partial charge in [-0.15, -0.1) is 5.10 Å². The summed E-state index contributed by atoms with van der Waals surface area (Å²) in [6, 6.07) is 1.57. The Hall–Kier alpha value is -0.970. The van der Waals surface area contributed by atoms with Crippen LogP contribution < -0.4 is 5.73 Å². The molecule has 0 aliphatic carbocycles. The molecule has 0 spiro atoms. The van der Waals surface area contributed by atoms with Crippen LogP contribution in [0.3, 0.4) is 0 Å². The predicted octanol–water partition coefficient (Wildman–Crippen LogP) is 2.81. The predicted molar refractivity (Wildman–Crippen MR) is 60.8 cm³/mol. The Labute approximate surface area is 101 Å². The van der Waals surface area contributed by atoms with Gasteiger partial charge in [-0.3, -0.25) is 0 Å². The van der Waals surface area contributed by atoms with E-state index < -0.39 is 0 Å². The number of nitrogens with zero attached hydrogens (tertiary/aromatic N) is 3. The Bertz CT molecular complexity index is 489. The molecular formula is C8H5Cl3N4. The van der Waals surface area contributed by atoms with Gasteiger partial charge in [-0.05, 0) is 6.07 Å².